The Morgan fingerprint density at radius 3 is 2.56 bits per heavy atom. The van der Waals surface area contributed by atoms with Crippen LogP contribution in [-0.4, -0.2) is 31.1 Å². The van der Waals surface area contributed by atoms with E-state index in [0.717, 1.165) is 0 Å². The van der Waals surface area contributed by atoms with Crippen LogP contribution in [0.15, 0.2) is 54.6 Å². The van der Waals surface area contributed by atoms with Crippen molar-refractivity contribution in [2.45, 2.75) is 19.4 Å². The van der Waals surface area contributed by atoms with Crippen LogP contribution in [0.25, 0.3) is 0 Å². The molecule has 0 bridgehead atoms. The van der Waals surface area contributed by atoms with Gasteiger partial charge in [-0.15, -0.1) is 0 Å². The van der Waals surface area contributed by atoms with Gasteiger partial charge in [-0.2, -0.15) is 0 Å². The smallest absolute Gasteiger partial charge is 0.307 e. The fourth-order valence-corrected chi connectivity index (χ4v) is 2.31. The minimum Gasteiger partial charge on any atom is -0.490 e. The highest BCUT2D eigenvalue weighted by Gasteiger charge is 2.14. The lowest BCUT2D eigenvalue weighted by molar-refractivity contribution is -0.144. The molecule has 25 heavy (non-hydrogen) atoms. The van der Waals surface area contributed by atoms with Crippen molar-refractivity contribution in [2.75, 3.05) is 13.2 Å². The molecule has 0 radical (unpaired) electrons. The lowest BCUT2D eigenvalue weighted by Crippen LogP contribution is -2.34. The van der Waals surface area contributed by atoms with Gasteiger partial charge in [-0.25, -0.2) is 0 Å². The van der Waals surface area contributed by atoms with E-state index in [-0.39, 0.29) is 31.6 Å². The van der Waals surface area contributed by atoms with Crippen molar-refractivity contribution in [1.29, 1.82) is 0 Å². The molecule has 6 heteroatoms. The Balaban J connectivity index is 1.65. The molecule has 0 aromatic heterocycles. The van der Waals surface area contributed by atoms with Crippen LogP contribution >= 0.6 is 11.6 Å². The number of benzene rings is 2. The summed E-state index contributed by atoms with van der Waals surface area (Å²) < 4.78 is 10.5. The highest BCUT2D eigenvalue weighted by atomic mass is 35.5. The van der Waals surface area contributed by atoms with Gasteiger partial charge in [0.15, 0.2) is 0 Å². The molecule has 0 aliphatic rings. The highest BCUT2D eigenvalue weighted by Crippen LogP contribution is 2.16. The van der Waals surface area contributed by atoms with Gasteiger partial charge in [-0.05, 0) is 37.3 Å². The first-order valence-electron chi connectivity index (χ1n) is 7.94. The molecule has 2 aromatic rings. The Morgan fingerprint density at radius 1 is 1.08 bits per heavy atom. The molecule has 0 fully saturated rings. The van der Waals surface area contributed by atoms with Crippen LogP contribution in [0.1, 0.15) is 23.7 Å². The van der Waals surface area contributed by atoms with Crippen molar-refractivity contribution in [2.24, 2.45) is 0 Å². The van der Waals surface area contributed by atoms with E-state index in [1.54, 1.807) is 55.5 Å². The predicted octanol–water partition coefficient (Wildman–Crippen LogP) is 3.47. The van der Waals surface area contributed by atoms with Crippen molar-refractivity contribution in [1.82, 2.24) is 5.32 Å². The molecule has 0 heterocycles. The summed E-state index contributed by atoms with van der Waals surface area (Å²) in [5.41, 5.74) is 0.553. The lowest BCUT2D eigenvalue weighted by Gasteiger charge is -2.13. The maximum Gasteiger partial charge on any atom is 0.307 e. The van der Waals surface area contributed by atoms with Crippen LogP contribution in [-0.2, 0) is 9.53 Å². The number of halogens is 1. The Labute approximate surface area is 151 Å². The summed E-state index contributed by atoms with van der Waals surface area (Å²) in [7, 11) is 0. The fraction of sp³-hybridized carbons (Fsp3) is 0.263. The molecular formula is C19H20ClNO4. The van der Waals surface area contributed by atoms with Gasteiger partial charge in [-0.3, -0.25) is 9.59 Å². The van der Waals surface area contributed by atoms with E-state index in [2.05, 4.69) is 5.32 Å². The molecular weight excluding hydrogens is 342 g/mol. The molecule has 0 aliphatic carbocycles. The lowest BCUT2D eigenvalue weighted by atomic mass is 10.2. The van der Waals surface area contributed by atoms with E-state index >= 15 is 0 Å². The van der Waals surface area contributed by atoms with E-state index in [9.17, 15) is 9.59 Å². The quantitative estimate of drug-likeness (QED) is 0.577. The minimum atomic E-state index is -0.393. The first kappa shape index (κ1) is 18.8. The largest absolute Gasteiger partial charge is 0.490 e. The molecule has 2 aromatic carbocycles. The van der Waals surface area contributed by atoms with Gasteiger partial charge in [0.05, 0.1) is 6.42 Å². The molecule has 5 nitrogen and oxygen atoms in total. The predicted molar refractivity (Wildman–Crippen MR) is 95.9 cm³/mol. The van der Waals surface area contributed by atoms with Gasteiger partial charge >= 0.3 is 5.97 Å². The molecule has 0 aliphatic heterocycles. The van der Waals surface area contributed by atoms with Crippen molar-refractivity contribution in [3.05, 3.63) is 65.2 Å². The normalized spacial score (nSPS) is 11.4. The maximum absolute atomic E-state index is 12.0. The Bertz CT molecular complexity index is 706. The molecule has 1 atom stereocenters. The summed E-state index contributed by atoms with van der Waals surface area (Å²) in [4.78, 5) is 23.8. The fourth-order valence-electron chi connectivity index (χ4n) is 2.13. The third kappa shape index (κ3) is 6.85. The second-order valence-corrected chi connectivity index (χ2v) is 5.91. The third-order valence-corrected chi connectivity index (χ3v) is 3.53. The topological polar surface area (TPSA) is 64.6 Å². The molecule has 0 saturated carbocycles. The second kappa shape index (κ2) is 9.69. The number of carbonyl (C=O) groups is 2. The molecule has 132 valence electrons. The number of ether oxygens (including phenoxy) is 2. The zero-order chi connectivity index (χ0) is 18.1. The standard InChI is InChI=1S/C19H20ClNO4/c1-14(21-19(23)15-6-3-2-4-7-15)12-18(22)25-11-10-24-17-9-5-8-16(20)13-17/h2-9,13-14H,10-12H2,1H3,(H,21,23). The molecule has 1 N–H and O–H groups in total. The van der Waals surface area contributed by atoms with Gasteiger partial charge in [0.1, 0.15) is 19.0 Å². The molecule has 1 amide bonds. The highest BCUT2D eigenvalue weighted by molar-refractivity contribution is 6.30. The van der Waals surface area contributed by atoms with Gasteiger partial charge < -0.3 is 14.8 Å². The third-order valence-electron chi connectivity index (χ3n) is 3.30. The minimum absolute atomic E-state index is 0.0930. The van der Waals surface area contributed by atoms with Crippen LogP contribution in [0.2, 0.25) is 5.02 Å². The number of hydrogen-bond acceptors (Lipinski definition) is 4. The van der Waals surface area contributed by atoms with Crippen LogP contribution in [0.3, 0.4) is 0 Å². The summed E-state index contributed by atoms with van der Waals surface area (Å²) in [6.45, 7) is 2.12. The molecule has 0 spiro atoms. The van der Waals surface area contributed by atoms with Gasteiger partial charge in [0, 0.05) is 16.6 Å². The van der Waals surface area contributed by atoms with E-state index in [1.807, 2.05) is 6.07 Å². The monoisotopic (exact) mass is 361 g/mol. The number of hydrogen-bond donors (Lipinski definition) is 1. The summed E-state index contributed by atoms with van der Waals surface area (Å²) in [6, 6.07) is 15.5. The average Bonchev–Trinajstić information content (AvgIpc) is 2.59. The first-order chi connectivity index (χ1) is 12.0. The zero-order valence-corrected chi connectivity index (χ0v) is 14.7. The van der Waals surface area contributed by atoms with Gasteiger partial charge in [0.25, 0.3) is 5.91 Å². The molecule has 1 unspecified atom stereocenters. The number of rotatable bonds is 8. The number of nitrogens with one attached hydrogen (secondary N) is 1. The van der Waals surface area contributed by atoms with Crippen LogP contribution in [0.5, 0.6) is 5.75 Å². The van der Waals surface area contributed by atoms with E-state index in [1.165, 1.54) is 0 Å². The SMILES string of the molecule is CC(CC(=O)OCCOc1cccc(Cl)c1)NC(=O)c1ccccc1. The Kier molecular flexibility index (Phi) is 7.29. The number of amides is 1. The van der Waals surface area contributed by atoms with Gasteiger partial charge in [-0.1, -0.05) is 35.9 Å². The van der Waals surface area contributed by atoms with Crippen LogP contribution < -0.4 is 10.1 Å². The van der Waals surface area contributed by atoms with E-state index in [0.29, 0.717) is 16.3 Å². The second-order valence-electron chi connectivity index (χ2n) is 5.47. The summed E-state index contributed by atoms with van der Waals surface area (Å²) >= 11 is 5.85. The van der Waals surface area contributed by atoms with Crippen LogP contribution in [0.4, 0.5) is 0 Å². The maximum atomic E-state index is 12.0. The summed E-state index contributed by atoms with van der Waals surface area (Å²) in [5, 5.41) is 3.34. The summed E-state index contributed by atoms with van der Waals surface area (Å²) in [5.74, 6) is 0.00721. The van der Waals surface area contributed by atoms with Crippen LogP contribution in [0, 0.1) is 0 Å². The number of carbonyl (C=O) groups excluding carboxylic acids is 2. The Hall–Kier alpha value is -2.53. The summed E-state index contributed by atoms with van der Waals surface area (Å²) in [6.07, 6.45) is 0.0930. The zero-order valence-electron chi connectivity index (χ0n) is 13.9. The first-order valence-corrected chi connectivity index (χ1v) is 8.32. The van der Waals surface area contributed by atoms with E-state index < -0.39 is 5.97 Å². The van der Waals surface area contributed by atoms with Crippen molar-refractivity contribution < 1.29 is 19.1 Å². The van der Waals surface area contributed by atoms with Crippen molar-refractivity contribution in [3.8, 4) is 5.75 Å². The average molecular weight is 362 g/mol. The molecule has 0 saturated heterocycles. The Morgan fingerprint density at radius 2 is 1.84 bits per heavy atom. The number of esters is 1. The van der Waals surface area contributed by atoms with E-state index in [4.69, 9.17) is 21.1 Å². The molecule has 2 rings (SSSR count). The van der Waals surface area contributed by atoms with Crippen molar-refractivity contribution in [3.63, 3.8) is 0 Å². The van der Waals surface area contributed by atoms with Crippen molar-refractivity contribution >= 4 is 23.5 Å². The van der Waals surface area contributed by atoms with Gasteiger partial charge in [0.2, 0.25) is 0 Å².